The predicted octanol–water partition coefficient (Wildman–Crippen LogP) is 4.39. The van der Waals surface area contributed by atoms with Gasteiger partial charge in [0.2, 0.25) is 0 Å². The Balaban J connectivity index is 0.00000432. The zero-order chi connectivity index (χ0) is 24.2. The fourth-order valence-electron chi connectivity index (χ4n) is 5.02. The van der Waals surface area contributed by atoms with E-state index in [4.69, 9.17) is 0 Å². The summed E-state index contributed by atoms with van der Waals surface area (Å²) >= 11 is 0. The van der Waals surface area contributed by atoms with Crippen LogP contribution in [0.2, 0.25) is 0 Å². The Morgan fingerprint density at radius 3 is 1.74 bits per heavy atom. The Morgan fingerprint density at radius 2 is 1.20 bits per heavy atom. The summed E-state index contributed by atoms with van der Waals surface area (Å²) in [7, 11) is -4.61. The molecule has 5 nitrogen and oxygen atoms in total. The van der Waals surface area contributed by atoms with Gasteiger partial charge in [-0.05, 0) is 30.5 Å². The monoisotopic (exact) mass is 508 g/mol. The first-order valence-electron chi connectivity index (χ1n) is 13.2. The number of hydrogen-bond donors (Lipinski definition) is 0. The minimum Gasteiger partial charge on any atom is -0.731 e. The molecule has 0 radical (unpaired) electrons. The van der Waals surface area contributed by atoms with Gasteiger partial charge in [0.05, 0.1) is 11.4 Å². The van der Waals surface area contributed by atoms with Crippen molar-refractivity contribution in [2.24, 2.45) is 0 Å². The van der Waals surface area contributed by atoms with E-state index < -0.39 is 16.5 Å². The summed E-state index contributed by atoms with van der Waals surface area (Å²) in [5.74, 6) is 0. The molecule has 0 fully saturated rings. The van der Waals surface area contributed by atoms with Crippen LogP contribution < -0.4 is 38.8 Å². The van der Waals surface area contributed by atoms with Gasteiger partial charge in [0, 0.05) is 6.54 Å². The Labute approximate surface area is 235 Å². The van der Waals surface area contributed by atoms with E-state index in [-0.39, 0.29) is 29.6 Å². The summed E-state index contributed by atoms with van der Waals surface area (Å²) in [4.78, 5) is 2.08. The fourth-order valence-corrected chi connectivity index (χ4v) is 5.93. The molecule has 1 atom stereocenters. The topological polar surface area (TPSA) is 63.7 Å². The molecule has 1 heterocycles. The van der Waals surface area contributed by atoms with Gasteiger partial charge in [-0.25, -0.2) is 8.42 Å². The second-order valence-corrected chi connectivity index (χ2v) is 10.8. The van der Waals surface area contributed by atoms with E-state index in [2.05, 4.69) is 11.8 Å². The largest absolute Gasteiger partial charge is 1.00 e. The molecule has 2 aromatic carbocycles. The van der Waals surface area contributed by atoms with Crippen molar-refractivity contribution in [3.63, 3.8) is 0 Å². The van der Waals surface area contributed by atoms with Gasteiger partial charge in [-0.2, -0.15) is 0 Å². The van der Waals surface area contributed by atoms with Gasteiger partial charge in [-0.3, -0.25) is 4.31 Å². The van der Waals surface area contributed by atoms with Gasteiger partial charge in [-0.1, -0.05) is 120 Å². The second-order valence-electron chi connectivity index (χ2n) is 9.51. The molecule has 7 heteroatoms. The van der Waals surface area contributed by atoms with E-state index in [1.54, 1.807) is 12.1 Å². The molecule has 0 amide bonds. The SMILES string of the molecule is CCCCCCCCCCCCCCC1N(Cc2ccccc2)c2ccccc2N1S(=O)(=O)[O-].[Na+]. The van der Waals surface area contributed by atoms with Crippen molar-refractivity contribution < 1.29 is 42.5 Å². The quantitative estimate of drug-likeness (QED) is 0.192. The van der Waals surface area contributed by atoms with Crippen LogP contribution in [0.3, 0.4) is 0 Å². The van der Waals surface area contributed by atoms with Gasteiger partial charge in [0.1, 0.15) is 6.17 Å². The molecule has 0 saturated heterocycles. The predicted molar refractivity (Wildman–Crippen MR) is 141 cm³/mol. The van der Waals surface area contributed by atoms with Crippen molar-refractivity contribution in [1.29, 1.82) is 0 Å². The van der Waals surface area contributed by atoms with Crippen molar-refractivity contribution in [3.05, 3.63) is 60.2 Å². The first-order chi connectivity index (χ1) is 16.5. The summed E-state index contributed by atoms with van der Waals surface area (Å²) in [5.41, 5.74) is 2.41. The smallest absolute Gasteiger partial charge is 0.731 e. The summed E-state index contributed by atoms with van der Waals surface area (Å²) in [5, 5.41) is 0. The van der Waals surface area contributed by atoms with Gasteiger partial charge in [0.15, 0.2) is 10.3 Å². The Bertz CT molecular complexity index is 956. The minimum absolute atomic E-state index is 0. The molecule has 188 valence electrons. The molecule has 0 N–H and O–H groups in total. The Kier molecular flexibility index (Phi) is 13.7. The van der Waals surface area contributed by atoms with Crippen LogP contribution in [0, 0.1) is 0 Å². The van der Waals surface area contributed by atoms with Crippen LogP contribution in [0.1, 0.15) is 96.0 Å². The van der Waals surface area contributed by atoms with Crippen molar-refractivity contribution in [2.75, 3.05) is 9.21 Å². The maximum Gasteiger partial charge on any atom is 1.00 e. The van der Waals surface area contributed by atoms with E-state index in [0.29, 0.717) is 18.7 Å². The molecular formula is C28H41N2NaO3S. The molecule has 0 saturated carbocycles. The zero-order valence-corrected chi connectivity index (χ0v) is 24.5. The number of fused-ring (bicyclic) bond motifs is 1. The summed E-state index contributed by atoms with van der Waals surface area (Å²) in [6.45, 7) is 2.83. The molecule has 0 spiro atoms. The maximum absolute atomic E-state index is 12.3. The van der Waals surface area contributed by atoms with Crippen LogP contribution in [-0.2, 0) is 16.8 Å². The minimum atomic E-state index is -4.61. The van der Waals surface area contributed by atoms with Crippen molar-refractivity contribution in [3.8, 4) is 0 Å². The molecule has 0 aromatic heterocycles. The number of anilines is 2. The van der Waals surface area contributed by atoms with E-state index in [0.717, 1.165) is 34.8 Å². The van der Waals surface area contributed by atoms with Crippen LogP contribution >= 0.6 is 0 Å². The summed E-state index contributed by atoms with van der Waals surface area (Å²) in [6, 6.07) is 17.4. The molecule has 1 aliphatic heterocycles. The molecule has 1 unspecified atom stereocenters. The first kappa shape index (κ1) is 30.2. The molecule has 3 rings (SSSR count). The molecule has 0 aliphatic carbocycles. The number of benzene rings is 2. The van der Waals surface area contributed by atoms with E-state index in [1.165, 1.54) is 57.8 Å². The van der Waals surface area contributed by atoms with Crippen molar-refractivity contribution in [1.82, 2.24) is 0 Å². The Morgan fingerprint density at radius 1 is 0.714 bits per heavy atom. The maximum atomic E-state index is 12.3. The fraction of sp³-hybridized carbons (Fsp3) is 0.571. The van der Waals surface area contributed by atoms with Crippen LogP contribution in [0.25, 0.3) is 0 Å². The normalized spacial score (nSPS) is 15.2. The third-order valence-corrected chi connectivity index (χ3v) is 7.73. The van der Waals surface area contributed by atoms with Crippen LogP contribution in [0.5, 0.6) is 0 Å². The van der Waals surface area contributed by atoms with E-state index >= 15 is 0 Å². The molecule has 35 heavy (non-hydrogen) atoms. The molecule has 0 bridgehead atoms. The first-order valence-corrected chi connectivity index (χ1v) is 14.5. The van der Waals surface area contributed by atoms with Gasteiger partial charge < -0.3 is 9.45 Å². The van der Waals surface area contributed by atoms with Crippen LogP contribution in [0.4, 0.5) is 11.4 Å². The standard InChI is InChI=1S/C28H42N2O3S.Na/c1-2-3-4-5-6-7-8-9-10-11-12-16-23-28-29(24-25-19-14-13-15-20-25)26-21-17-18-22-27(26)30(28)34(31,32)33;/h13-15,17-22,28H,2-12,16,23-24H2,1H3,(H,31,32,33);/q;+1/p-1. The zero-order valence-electron chi connectivity index (χ0n) is 21.7. The number of nitrogens with zero attached hydrogens (tertiary/aromatic N) is 2. The molecular weight excluding hydrogens is 467 g/mol. The molecule has 2 aromatic rings. The van der Waals surface area contributed by atoms with Crippen molar-refractivity contribution in [2.45, 2.75) is 103 Å². The average Bonchev–Trinajstić information content (AvgIpc) is 3.14. The van der Waals surface area contributed by atoms with Gasteiger partial charge >= 0.3 is 29.6 Å². The third-order valence-electron chi connectivity index (χ3n) is 6.81. The second kappa shape index (κ2) is 15.9. The Hall–Kier alpha value is -1.05. The van der Waals surface area contributed by atoms with E-state index in [9.17, 15) is 13.0 Å². The van der Waals surface area contributed by atoms with Crippen LogP contribution in [-0.4, -0.2) is 19.1 Å². The van der Waals surface area contributed by atoms with Crippen molar-refractivity contribution >= 4 is 21.7 Å². The number of rotatable bonds is 16. The average molecular weight is 509 g/mol. The number of unbranched alkanes of at least 4 members (excludes halogenated alkanes) is 11. The van der Waals surface area contributed by atoms with Gasteiger partial charge in [0.25, 0.3) is 0 Å². The summed E-state index contributed by atoms with van der Waals surface area (Å²) < 4.78 is 37.9. The summed E-state index contributed by atoms with van der Waals surface area (Å²) in [6.07, 6.45) is 15.3. The third kappa shape index (κ3) is 9.40. The van der Waals surface area contributed by atoms with E-state index in [1.807, 2.05) is 42.5 Å². The number of para-hydroxylation sites is 2. The number of hydrogen-bond acceptors (Lipinski definition) is 4. The van der Waals surface area contributed by atoms with Crippen LogP contribution in [0.15, 0.2) is 54.6 Å². The van der Waals surface area contributed by atoms with Gasteiger partial charge in [-0.15, -0.1) is 0 Å². The molecule has 1 aliphatic rings.